The number of anilines is 3. The zero-order valence-corrected chi connectivity index (χ0v) is 16.2. The first kappa shape index (κ1) is 19.1. The summed E-state index contributed by atoms with van der Waals surface area (Å²) in [5.74, 6) is 0.962. The number of halogens is 1. The number of nitrogens with zero attached hydrogens (tertiary/aromatic N) is 4. The Morgan fingerprint density at radius 1 is 0.931 bits per heavy atom. The van der Waals surface area contributed by atoms with E-state index in [1.165, 1.54) is 11.6 Å². The first-order chi connectivity index (χ1) is 14.3. The van der Waals surface area contributed by atoms with E-state index in [4.69, 9.17) is 0 Å². The van der Waals surface area contributed by atoms with Gasteiger partial charge in [-0.25, -0.2) is 9.37 Å². The number of hydrogen-bond donors (Lipinski definition) is 1. The Morgan fingerprint density at radius 2 is 1.69 bits per heavy atom. The quantitative estimate of drug-likeness (QED) is 0.685. The Kier molecular flexibility index (Phi) is 6.12. The van der Waals surface area contributed by atoms with Crippen LogP contribution in [-0.2, 0) is 0 Å². The molecule has 0 saturated carbocycles. The van der Waals surface area contributed by atoms with Gasteiger partial charge in [0.05, 0.1) is 5.69 Å². The molecule has 148 valence electrons. The molecule has 0 radical (unpaired) electrons. The van der Waals surface area contributed by atoms with Crippen LogP contribution >= 0.6 is 0 Å². The maximum atomic E-state index is 13.9. The monoisotopic (exact) mass is 389 g/mol. The van der Waals surface area contributed by atoms with Crippen molar-refractivity contribution in [3.05, 3.63) is 84.3 Å². The van der Waals surface area contributed by atoms with E-state index in [9.17, 15) is 4.39 Å². The molecule has 0 aliphatic carbocycles. The van der Waals surface area contributed by atoms with Crippen LogP contribution in [0.3, 0.4) is 0 Å². The van der Waals surface area contributed by atoms with Crippen molar-refractivity contribution in [2.24, 2.45) is 0 Å². The molecule has 0 amide bonds. The molecule has 1 saturated heterocycles. The Bertz CT molecular complexity index is 952. The van der Waals surface area contributed by atoms with Gasteiger partial charge >= 0.3 is 0 Å². The van der Waals surface area contributed by atoms with Crippen LogP contribution in [0.1, 0.15) is 5.56 Å². The average molecular weight is 389 g/mol. The lowest BCUT2D eigenvalue weighted by molar-refractivity contribution is 0.283. The predicted octanol–water partition coefficient (Wildman–Crippen LogP) is 4.19. The maximum absolute atomic E-state index is 13.9. The van der Waals surface area contributed by atoms with Crippen molar-refractivity contribution in [3.63, 3.8) is 0 Å². The molecule has 0 unspecified atom stereocenters. The Balaban J connectivity index is 1.32. The molecule has 3 aromatic rings. The van der Waals surface area contributed by atoms with Crippen molar-refractivity contribution >= 4 is 23.5 Å². The van der Waals surface area contributed by atoms with Gasteiger partial charge in [-0.05, 0) is 23.8 Å². The normalized spacial score (nSPS) is 15.0. The number of aromatic nitrogens is 2. The van der Waals surface area contributed by atoms with Crippen molar-refractivity contribution in [1.82, 2.24) is 14.9 Å². The van der Waals surface area contributed by atoms with E-state index in [1.807, 2.05) is 18.2 Å². The first-order valence-corrected chi connectivity index (χ1v) is 9.81. The molecule has 0 spiro atoms. The fourth-order valence-electron chi connectivity index (χ4n) is 3.30. The highest BCUT2D eigenvalue weighted by atomic mass is 19.1. The van der Waals surface area contributed by atoms with Crippen molar-refractivity contribution < 1.29 is 4.39 Å². The fourth-order valence-corrected chi connectivity index (χ4v) is 3.30. The highest BCUT2D eigenvalue weighted by molar-refractivity contribution is 5.57. The van der Waals surface area contributed by atoms with E-state index in [2.05, 4.69) is 49.4 Å². The van der Waals surface area contributed by atoms with Crippen molar-refractivity contribution in [1.29, 1.82) is 0 Å². The Labute approximate surface area is 170 Å². The topological polar surface area (TPSA) is 44.3 Å². The molecule has 1 aliphatic rings. The van der Waals surface area contributed by atoms with Crippen molar-refractivity contribution in [3.8, 4) is 0 Å². The molecule has 5 nitrogen and oxygen atoms in total. The molecule has 29 heavy (non-hydrogen) atoms. The minimum Gasteiger partial charge on any atom is -0.338 e. The number of para-hydroxylation sites is 1. The first-order valence-electron chi connectivity index (χ1n) is 9.81. The van der Waals surface area contributed by atoms with Gasteiger partial charge in [0.2, 0.25) is 5.95 Å². The Morgan fingerprint density at radius 3 is 2.48 bits per heavy atom. The van der Waals surface area contributed by atoms with Gasteiger partial charge in [-0.1, -0.05) is 54.6 Å². The third kappa shape index (κ3) is 5.18. The lowest BCUT2D eigenvalue weighted by Crippen LogP contribution is -2.46. The van der Waals surface area contributed by atoms with E-state index in [0.29, 0.717) is 17.5 Å². The van der Waals surface area contributed by atoms with Crippen LogP contribution in [0.2, 0.25) is 0 Å². The fraction of sp³-hybridized carbons (Fsp3) is 0.217. The second-order valence-corrected chi connectivity index (χ2v) is 6.95. The summed E-state index contributed by atoms with van der Waals surface area (Å²) >= 11 is 0. The molecule has 0 atom stereocenters. The number of piperazine rings is 1. The lowest BCUT2D eigenvalue weighted by Gasteiger charge is -2.34. The zero-order chi connectivity index (χ0) is 19.9. The molecular formula is C23H24FN5. The number of hydrogen-bond acceptors (Lipinski definition) is 5. The molecule has 1 N–H and O–H groups in total. The lowest BCUT2D eigenvalue weighted by atomic mass is 10.2. The van der Waals surface area contributed by atoms with E-state index >= 15 is 0 Å². The summed E-state index contributed by atoms with van der Waals surface area (Å²) in [5, 5.41) is 3.03. The minimum absolute atomic E-state index is 0.301. The van der Waals surface area contributed by atoms with Gasteiger partial charge in [-0.2, -0.15) is 4.98 Å². The van der Waals surface area contributed by atoms with Gasteiger partial charge in [0.1, 0.15) is 11.6 Å². The highest BCUT2D eigenvalue weighted by Crippen LogP contribution is 2.20. The average Bonchev–Trinajstić information content (AvgIpc) is 2.77. The van der Waals surface area contributed by atoms with Crippen molar-refractivity contribution in [2.75, 3.05) is 42.9 Å². The molecule has 1 fully saturated rings. The van der Waals surface area contributed by atoms with Gasteiger partial charge in [0, 0.05) is 38.9 Å². The maximum Gasteiger partial charge on any atom is 0.227 e. The van der Waals surface area contributed by atoms with Crippen LogP contribution < -0.4 is 10.2 Å². The molecular weight excluding hydrogens is 365 g/mol. The van der Waals surface area contributed by atoms with Crippen LogP contribution in [0, 0.1) is 5.82 Å². The minimum atomic E-state index is -0.301. The van der Waals surface area contributed by atoms with Gasteiger partial charge in [-0.3, -0.25) is 4.90 Å². The summed E-state index contributed by atoms with van der Waals surface area (Å²) in [4.78, 5) is 13.6. The second-order valence-electron chi connectivity index (χ2n) is 6.95. The van der Waals surface area contributed by atoms with Gasteiger partial charge in [0.15, 0.2) is 0 Å². The summed E-state index contributed by atoms with van der Waals surface area (Å²) in [5.41, 5.74) is 1.63. The largest absolute Gasteiger partial charge is 0.338 e. The Hall–Kier alpha value is -3.25. The van der Waals surface area contributed by atoms with Crippen LogP contribution in [0.15, 0.2) is 72.9 Å². The van der Waals surface area contributed by atoms with Gasteiger partial charge < -0.3 is 10.2 Å². The van der Waals surface area contributed by atoms with E-state index < -0.39 is 0 Å². The van der Waals surface area contributed by atoms with Gasteiger partial charge in [0.25, 0.3) is 0 Å². The molecule has 2 aromatic carbocycles. The summed E-state index contributed by atoms with van der Waals surface area (Å²) in [6, 6.07) is 18.7. The zero-order valence-electron chi connectivity index (χ0n) is 16.2. The third-order valence-corrected chi connectivity index (χ3v) is 4.91. The molecule has 1 aliphatic heterocycles. The smallest absolute Gasteiger partial charge is 0.227 e. The summed E-state index contributed by atoms with van der Waals surface area (Å²) in [6.07, 6.45) is 6.08. The van der Waals surface area contributed by atoms with Gasteiger partial charge in [-0.15, -0.1) is 0 Å². The predicted molar refractivity (Wildman–Crippen MR) is 116 cm³/mol. The SMILES string of the molecule is Fc1ccccc1Nc1ccnc(N2CCN(C/C=C/c3ccccc3)CC2)n1. The third-order valence-electron chi connectivity index (χ3n) is 4.91. The molecule has 4 rings (SSSR count). The summed E-state index contributed by atoms with van der Waals surface area (Å²) < 4.78 is 13.9. The summed E-state index contributed by atoms with van der Waals surface area (Å²) in [6.45, 7) is 4.56. The van der Waals surface area contributed by atoms with Crippen LogP contribution in [0.5, 0.6) is 0 Å². The van der Waals surface area contributed by atoms with E-state index in [1.54, 1.807) is 30.5 Å². The van der Waals surface area contributed by atoms with E-state index in [-0.39, 0.29) is 5.82 Å². The number of rotatable bonds is 6. The summed E-state index contributed by atoms with van der Waals surface area (Å²) in [7, 11) is 0. The van der Waals surface area contributed by atoms with Crippen LogP contribution in [-0.4, -0.2) is 47.6 Å². The van der Waals surface area contributed by atoms with E-state index in [0.717, 1.165) is 32.7 Å². The molecule has 6 heteroatoms. The van der Waals surface area contributed by atoms with Crippen molar-refractivity contribution in [2.45, 2.75) is 0 Å². The number of benzene rings is 2. The molecule has 0 bridgehead atoms. The van der Waals surface area contributed by atoms with Crippen LogP contribution in [0.4, 0.5) is 21.8 Å². The molecule has 1 aromatic heterocycles. The molecule has 2 heterocycles. The highest BCUT2D eigenvalue weighted by Gasteiger charge is 2.18. The second kappa shape index (κ2) is 9.30. The van der Waals surface area contributed by atoms with Crippen LogP contribution in [0.25, 0.3) is 6.08 Å². The number of nitrogens with one attached hydrogen (secondary N) is 1. The standard InChI is InChI=1S/C23H24FN5/c24-20-10-4-5-11-21(20)26-22-12-13-25-23(27-22)29-17-15-28(16-18-29)14-6-9-19-7-2-1-3-8-19/h1-13H,14-18H2,(H,25,26,27)/b9-6+.